The monoisotopic (exact) mass is 289 g/mol. The fraction of sp³-hybridized carbons (Fsp3) is 0.692. The van der Waals surface area contributed by atoms with Crippen LogP contribution in [-0.2, 0) is 14.3 Å². The summed E-state index contributed by atoms with van der Waals surface area (Å²) in [4.78, 5) is 23.2. The van der Waals surface area contributed by atoms with Crippen molar-refractivity contribution in [1.29, 1.82) is 0 Å². The van der Waals surface area contributed by atoms with Crippen molar-refractivity contribution in [2.24, 2.45) is 0 Å². The van der Waals surface area contributed by atoms with Crippen molar-refractivity contribution in [3.8, 4) is 0 Å². The number of hydrogen-bond donors (Lipinski definition) is 1. The van der Waals surface area contributed by atoms with Crippen LogP contribution in [0.5, 0.6) is 0 Å². The lowest BCUT2D eigenvalue weighted by molar-refractivity contribution is -0.146. The highest BCUT2D eigenvalue weighted by Gasteiger charge is 2.22. The number of amides is 1. The topological polar surface area (TPSA) is 64.6 Å². The Bertz CT molecular complexity index is 284. The second-order valence-electron chi connectivity index (χ2n) is 3.89. The second kappa shape index (κ2) is 11.9. The Kier molecular flexibility index (Phi) is 11.2. The van der Waals surface area contributed by atoms with Gasteiger partial charge in [-0.05, 0) is 24.9 Å². The van der Waals surface area contributed by atoms with Crippen molar-refractivity contribution in [2.75, 3.05) is 25.2 Å². The number of hydrogen-bond acceptors (Lipinski definition) is 5. The van der Waals surface area contributed by atoms with Crippen molar-refractivity contribution in [2.45, 2.75) is 32.2 Å². The van der Waals surface area contributed by atoms with Gasteiger partial charge in [-0.15, -0.1) is 0 Å². The molecule has 1 N–H and O–H groups in total. The first-order valence-electron chi connectivity index (χ1n) is 6.35. The number of carbonyl (C=O) groups excluding carboxylic acids is 2. The van der Waals surface area contributed by atoms with Gasteiger partial charge in [0.2, 0.25) is 0 Å². The van der Waals surface area contributed by atoms with Crippen LogP contribution in [0.15, 0.2) is 12.7 Å². The number of ether oxygens (including phenoxy) is 2. The van der Waals surface area contributed by atoms with E-state index in [-0.39, 0.29) is 6.61 Å². The van der Waals surface area contributed by atoms with Crippen molar-refractivity contribution >= 4 is 23.8 Å². The summed E-state index contributed by atoms with van der Waals surface area (Å²) in [5, 5.41) is 2.52. The van der Waals surface area contributed by atoms with Crippen LogP contribution in [0.25, 0.3) is 0 Å². The molecule has 0 aromatic carbocycles. The van der Waals surface area contributed by atoms with Gasteiger partial charge in [0.15, 0.2) is 0 Å². The Morgan fingerprint density at radius 2 is 2.16 bits per heavy atom. The molecule has 0 aliphatic carbocycles. The molecule has 0 radical (unpaired) electrons. The molecular formula is C13H23NO4S. The molecule has 19 heavy (non-hydrogen) atoms. The third-order valence-electron chi connectivity index (χ3n) is 2.26. The fourth-order valence-corrected chi connectivity index (χ4v) is 1.69. The average Bonchev–Trinajstić information content (AvgIpc) is 2.41. The van der Waals surface area contributed by atoms with Crippen molar-refractivity contribution in [3.05, 3.63) is 12.7 Å². The van der Waals surface area contributed by atoms with Crippen molar-refractivity contribution in [3.63, 3.8) is 0 Å². The summed E-state index contributed by atoms with van der Waals surface area (Å²) in [5.41, 5.74) is 0. The molecule has 0 saturated heterocycles. The minimum atomic E-state index is -0.651. The molecule has 0 unspecified atom stereocenters. The van der Waals surface area contributed by atoms with E-state index in [0.29, 0.717) is 13.0 Å². The van der Waals surface area contributed by atoms with Gasteiger partial charge < -0.3 is 14.8 Å². The van der Waals surface area contributed by atoms with Gasteiger partial charge in [0, 0.05) is 0 Å². The molecule has 0 saturated carbocycles. The zero-order valence-electron chi connectivity index (χ0n) is 11.6. The molecule has 1 atom stereocenters. The maximum absolute atomic E-state index is 11.8. The van der Waals surface area contributed by atoms with Crippen LogP contribution < -0.4 is 5.32 Å². The van der Waals surface area contributed by atoms with Crippen LogP contribution in [0.1, 0.15) is 26.2 Å². The lowest BCUT2D eigenvalue weighted by Gasteiger charge is -2.16. The molecule has 1 amide bonds. The molecule has 0 aromatic heterocycles. The van der Waals surface area contributed by atoms with E-state index in [1.807, 2.05) is 13.2 Å². The number of carbonyl (C=O) groups is 2. The lowest BCUT2D eigenvalue weighted by Crippen LogP contribution is -2.42. The molecule has 0 aromatic rings. The Balaban J connectivity index is 4.22. The molecule has 0 fully saturated rings. The summed E-state index contributed by atoms with van der Waals surface area (Å²) in [5.74, 6) is 0.355. The smallest absolute Gasteiger partial charge is 0.408 e. The summed E-state index contributed by atoms with van der Waals surface area (Å²) in [6, 6.07) is -0.651. The van der Waals surface area contributed by atoms with Crippen LogP contribution in [0.4, 0.5) is 4.79 Å². The molecule has 6 heteroatoms. The van der Waals surface area contributed by atoms with Gasteiger partial charge in [-0.25, -0.2) is 9.59 Å². The summed E-state index contributed by atoms with van der Waals surface area (Å²) in [6.07, 6.45) is 5.08. The number of alkyl carbamates (subject to hydrolysis) is 1. The zero-order chi connectivity index (χ0) is 14.5. The summed E-state index contributed by atoms with van der Waals surface area (Å²) in [7, 11) is 0. The third kappa shape index (κ3) is 9.41. The van der Waals surface area contributed by atoms with Gasteiger partial charge >= 0.3 is 12.1 Å². The van der Waals surface area contributed by atoms with E-state index in [2.05, 4.69) is 11.9 Å². The van der Waals surface area contributed by atoms with Gasteiger partial charge in [-0.3, -0.25) is 0 Å². The number of thioether (sulfide) groups is 1. The van der Waals surface area contributed by atoms with E-state index >= 15 is 0 Å². The van der Waals surface area contributed by atoms with Crippen LogP contribution in [0, 0.1) is 0 Å². The predicted molar refractivity (Wildman–Crippen MR) is 77.3 cm³/mol. The van der Waals surface area contributed by atoms with Crippen LogP contribution in [0.3, 0.4) is 0 Å². The van der Waals surface area contributed by atoms with E-state index in [1.54, 1.807) is 11.8 Å². The average molecular weight is 289 g/mol. The highest BCUT2D eigenvalue weighted by Crippen LogP contribution is 2.04. The first-order valence-corrected chi connectivity index (χ1v) is 7.74. The molecule has 0 aliphatic heterocycles. The van der Waals surface area contributed by atoms with Gasteiger partial charge in [0.25, 0.3) is 0 Å². The first kappa shape index (κ1) is 17.8. The van der Waals surface area contributed by atoms with Crippen LogP contribution in [-0.4, -0.2) is 43.3 Å². The standard InChI is InChI=1S/C13H23NO4S/c1-4-6-9-17-12(15)11(7-10-19-3)14-13(16)18-8-5-2/h5,11H,2,4,6-10H2,1,3H3,(H,14,16)/t11-/m0/s1. The largest absolute Gasteiger partial charge is 0.464 e. The van der Waals surface area contributed by atoms with Gasteiger partial charge in [-0.2, -0.15) is 11.8 Å². The van der Waals surface area contributed by atoms with Crippen LogP contribution in [0.2, 0.25) is 0 Å². The number of rotatable bonds is 10. The van der Waals surface area contributed by atoms with Gasteiger partial charge in [-0.1, -0.05) is 26.0 Å². The van der Waals surface area contributed by atoms with E-state index in [9.17, 15) is 9.59 Å². The zero-order valence-corrected chi connectivity index (χ0v) is 12.5. The minimum absolute atomic E-state index is 0.117. The molecule has 0 heterocycles. The molecule has 5 nitrogen and oxygen atoms in total. The molecule has 0 spiro atoms. The quantitative estimate of drug-likeness (QED) is 0.380. The normalized spacial score (nSPS) is 11.5. The maximum Gasteiger partial charge on any atom is 0.408 e. The third-order valence-corrected chi connectivity index (χ3v) is 2.91. The highest BCUT2D eigenvalue weighted by molar-refractivity contribution is 7.98. The fourth-order valence-electron chi connectivity index (χ4n) is 1.22. The first-order chi connectivity index (χ1) is 9.15. The number of unbranched alkanes of at least 4 members (excludes halogenated alkanes) is 1. The van der Waals surface area contributed by atoms with E-state index < -0.39 is 18.1 Å². The predicted octanol–water partition coefficient (Wildman–Crippen LogP) is 2.36. The Labute approximate surface area is 119 Å². The number of esters is 1. The molecule has 0 aliphatic rings. The van der Waals surface area contributed by atoms with E-state index in [1.165, 1.54) is 6.08 Å². The van der Waals surface area contributed by atoms with Gasteiger partial charge in [0.1, 0.15) is 12.6 Å². The molecular weight excluding hydrogens is 266 g/mol. The Morgan fingerprint density at radius 3 is 2.74 bits per heavy atom. The Hall–Kier alpha value is -1.17. The summed E-state index contributed by atoms with van der Waals surface area (Å²) >= 11 is 1.60. The summed E-state index contributed by atoms with van der Waals surface area (Å²) in [6.45, 7) is 5.96. The molecule has 110 valence electrons. The molecule has 0 rings (SSSR count). The SMILES string of the molecule is C=CCOC(=O)N[C@@H](CCSC)C(=O)OCCCC. The number of nitrogens with one attached hydrogen (secondary N) is 1. The van der Waals surface area contributed by atoms with Crippen molar-refractivity contribution in [1.82, 2.24) is 5.32 Å². The second-order valence-corrected chi connectivity index (χ2v) is 4.87. The lowest BCUT2D eigenvalue weighted by atomic mass is 10.2. The molecule has 0 bridgehead atoms. The highest BCUT2D eigenvalue weighted by atomic mass is 32.2. The van der Waals surface area contributed by atoms with E-state index in [4.69, 9.17) is 9.47 Å². The maximum atomic E-state index is 11.8. The van der Waals surface area contributed by atoms with Crippen molar-refractivity contribution < 1.29 is 19.1 Å². The summed E-state index contributed by atoms with van der Waals surface area (Å²) < 4.78 is 9.90. The van der Waals surface area contributed by atoms with Crippen LogP contribution >= 0.6 is 11.8 Å². The minimum Gasteiger partial charge on any atom is -0.464 e. The van der Waals surface area contributed by atoms with E-state index in [0.717, 1.165) is 18.6 Å². The Morgan fingerprint density at radius 1 is 1.42 bits per heavy atom. The van der Waals surface area contributed by atoms with Gasteiger partial charge in [0.05, 0.1) is 6.61 Å².